The maximum atomic E-state index is 5.64. The van der Waals surface area contributed by atoms with E-state index in [2.05, 4.69) is 23.6 Å². The summed E-state index contributed by atoms with van der Waals surface area (Å²) in [5.41, 5.74) is 5.64. The van der Waals surface area contributed by atoms with Gasteiger partial charge < -0.3 is 15.5 Å². The van der Waals surface area contributed by atoms with Gasteiger partial charge in [0.25, 0.3) is 0 Å². The Morgan fingerprint density at radius 3 is 2.67 bits per heavy atom. The fraction of sp³-hybridized carbons (Fsp3) is 1.00. The van der Waals surface area contributed by atoms with Crippen molar-refractivity contribution in [1.82, 2.24) is 9.80 Å². The Morgan fingerprint density at radius 2 is 2.00 bits per heavy atom. The fourth-order valence-electron chi connectivity index (χ4n) is 3.08. The van der Waals surface area contributed by atoms with Crippen molar-refractivity contribution in [2.24, 2.45) is 11.7 Å². The molecular formula is C15H33N3. The molecule has 1 aliphatic heterocycles. The van der Waals surface area contributed by atoms with Crippen LogP contribution >= 0.6 is 0 Å². The Kier molecular flexibility index (Phi) is 8.64. The van der Waals surface area contributed by atoms with Crippen LogP contribution in [0.2, 0.25) is 0 Å². The molecule has 108 valence electrons. The van der Waals surface area contributed by atoms with Gasteiger partial charge in [0.05, 0.1) is 0 Å². The van der Waals surface area contributed by atoms with Gasteiger partial charge in [-0.05, 0) is 57.8 Å². The van der Waals surface area contributed by atoms with E-state index >= 15 is 0 Å². The Hall–Kier alpha value is -0.120. The Morgan fingerprint density at radius 1 is 1.22 bits per heavy atom. The summed E-state index contributed by atoms with van der Waals surface area (Å²) in [6.07, 6.45) is 7.00. The van der Waals surface area contributed by atoms with E-state index in [1.54, 1.807) is 0 Å². The SMILES string of the molecule is CCN(CC)CCCCC1CCCN(CCN)C1. The minimum atomic E-state index is 0.814. The van der Waals surface area contributed by atoms with Crippen molar-refractivity contribution in [3.05, 3.63) is 0 Å². The van der Waals surface area contributed by atoms with E-state index < -0.39 is 0 Å². The maximum Gasteiger partial charge on any atom is 0.0105 e. The lowest BCUT2D eigenvalue weighted by molar-refractivity contribution is 0.169. The zero-order valence-corrected chi connectivity index (χ0v) is 12.5. The van der Waals surface area contributed by atoms with E-state index in [-0.39, 0.29) is 0 Å². The molecule has 1 unspecified atom stereocenters. The lowest BCUT2D eigenvalue weighted by Gasteiger charge is -2.32. The van der Waals surface area contributed by atoms with Crippen molar-refractivity contribution >= 4 is 0 Å². The van der Waals surface area contributed by atoms with Gasteiger partial charge in [0, 0.05) is 19.6 Å². The summed E-state index contributed by atoms with van der Waals surface area (Å²) in [6.45, 7) is 12.7. The first kappa shape index (κ1) is 15.9. The molecule has 0 aromatic heterocycles. The molecule has 0 radical (unpaired) electrons. The molecule has 18 heavy (non-hydrogen) atoms. The zero-order valence-electron chi connectivity index (χ0n) is 12.5. The summed E-state index contributed by atoms with van der Waals surface area (Å²) in [4.78, 5) is 5.08. The Balaban J connectivity index is 2.07. The van der Waals surface area contributed by atoms with E-state index in [1.165, 1.54) is 64.8 Å². The largest absolute Gasteiger partial charge is 0.329 e. The number of likely N-dealkylation sites (tertiary alicyclic amines) is 1. The highest BCUT2D eigenvalue weighted by atomic mass is 15.1. The van der Waals surface area contributed by atoms with E-state index in [4.69, 9.17) is 5.73 Å². The molecule has 1 rings (SSSR count). The molecular weight excluding hydrogens is 222 g/mol. The summed E-state index contributed by atoms with van der Waals surface area (Å²) in [5.74, 6) is 0.932. The molecule has 0 aromatic rings. The normalized spacial score (nSPS) is 21.7. The first-order chi connectivity index (χ1) is 8.80. The molecule has 3 heteroatoms. The molecule has 3 nitrogen and oxygen atoms in total. The molecule has 1 aliphatic rings. The van der Waals surface area contributed by atoms with Gasteiger partial charge in [-0.15, -0.1) is 0 Å². The summed E-state index contributed by atoms with van der Waals surface area (Å²) in [6, 6.07) is 0. The molecule has 2 N–H and O–H groups in total. The van der Waals surface area contributed by atoms with Gasteiger partial charge in [0.2, 0.25) is 0 Å². The molecule has 0 spiro atoms. The minimum Gasteiger partial charge on any atom is -0.329 e. The standard InChI is InChI=1S/C15H33N3/c1-3-17(4-2)11-6-5-8-15-9-7-12-18(14-15)13-10-16/h15H,3-14,16H2,1-2H3. The van der Waals surface area contributed by atoms with Crippen LogP contribution in [0.25, 0.3) is 0 Å². The van der Waals surface area contributed by atoms with E-state index in [1.807, 2.05) is 0 Å². The number of hydrogen-bond acceptors (Lipinski definition) is 3. The highest BCUT2D eigenvalue weighted by Crippen LogP contribution is 2.21. The summed E-state index contributed by atoms with van der Waals surface area (Å²) in [5, 5.41) is 0. The van der Waals surface area contributed by atoms with Crippen molar-refractivity contribution in [3.63, 3.8) is 0 Å². The zero-order chi connectivity index (χ0) is 13.2. The van der Waals surface area contributed by atoms with Crippen LogP contribution in [0, 0.1) is 5.92 Å². The third-order valence-electron chi connectivity index (χ3n) is 4.28. The molecule has 1 saturated heterocycles. The van der Waals surface area contributed by atoms with Gasteiger partial charge in [-0.25, -0.2) is 0 Å². The molecule has 0 aliphatic carbocycles. The first-order valence-corrected chi connectivity index (χ1v) is 7.94. The van der Waals surface area contributed by atoms with Crippen LogP contribution in [-0.4, -0.2) is 55.6 Å². The molecule has 0 amide bonds. The van der Waals surface area contributed by atoms with E-state index in [0.29, 0.717) is 0 Å². The van der Waals surface area contributed by atoms with Crippen LogP contribution in [0.3, 0.4) is 0 Å². The third-order valence-corrected chi connectivity index (χ3v) is 4.28. The van der Waals surface area contributed by atoms with Gasteiger partial charge in [0.1, 0.15) is 0 Å². The van der Waals surface area contributed by atoms with E-state index in [0.717, 1.165) is 19.0 Å². The quantitative estimate of drug-likeness (QED) is 0.641. The predicted octanol–water partition coefficient (Wildman–Crippen LogP) is 2.17. The Bertz CT molecular complexity index is 190. The number of unbranched alkanes of at least 4 members (excludes halogenated alkanes) is 1. The van der Waals surface area contributed by atoms with Crippen LogP contribution in [0.5, 0.6) is 0 Å². The highest BCUT2D eigenvalue weighted by molar-refractivity contribution is 4.73. The second-order valence-electron chi connectivity index (χ2n) is 5.62. The molecule has 0 bridgehead atoms. The third kappa shape index (κ3) is 6.17. The first-order valence-electron chi connectivity index (χ1n) is 7.94. The van der Waals surface area contributed by atoms with Crippen LogP contribution in [0.15, 0.2) is 0 Å². The second kappa shape index (κ2) is 9.76. The number of hydrogen-bond donors (Lipinski definition) is 1. The van der Waals surface area contributed by atoms with Crippen LogP contribution < -0.4 is 5.73 Å². The molecule has 1 fully saturated rings. The predicted molar refractivity (Wildman–Crippen MR) is 79.9 cm³/mol. The number of nitrogens with zero attached hydrogens (tertiary/aromatic N) is 2. The monoisotopic (exact) mass is 255 g/mol. The summed E-state index contributed by atoms with van der Waals surface area (Å²) < 4.78 is 0. The van der Waals surface area contributed by atoms with Crippen molar-refractivity contribution in [2.75, 3.05) is 45.8 Å². The Labute approximate surface area is 114 Å². The van der Waals surface area contributed by atoms with Gasteiger partial charge in [0.15, 0.2) is 0 Å². The van der Waals surface area contributed by atoms with Crippen LogP contribution in [0.4, 0.5) is 0 Å². The topological polar surface area (TPSA) is 32.5 Å². The lowest BCUT2D eigenvalue weighted by atomic mass is 9.92. The molecule has 0 saturated carbocycles. The van der Waals surface area contributed by atoms with Gasteiger partial charge in [-0.2, -0.15) is 0 Å². The molecule has 1 heterocycles. The fourth-order valence-corrected chi connectivity index (χ4v) is 3.08. The van der Waals surface area contributed by atoms with Crippen LogP contribution in [0.1, 0.15) is 46.0 Å². The van der Waals surface area contributed by atoms with Gasteiger partial charge in [-0.1, -0.05) is 20.3 Å². The summed E-state index contributed by atoms with van der Waals surface area (Å²) >= 11 is 0. The van der Waals surface area contributed by atoms with Crippen LogP contribution in [-0.2, 0) is 0 Å². The summed E-state index contributed by atoms with van der Waals surface area (Å²) in [7, 11) is 0. The minimum absolute atomic E-state index is 0.814. The van der Waals surface area contributed by atoms with Gasteiger partial charge in [-0.3, -0.25) is 0 Å². The number of rotatable bonds is 9. The average Bonchev–Trinajstić information content (AvgIpc) is 2.40. The second-order valence-corrected chi connectivity index (χ2v) is 5.62. The number of nitrogens with two attached hydrogens (primary N) is 1. The van der Waals surface area contributed by atoms with Crippen molar-refractivity contribution < 1.29 is 0 Å². The molecule has 0 aromatic carbocycles. The average molecular weight is 255 g/mol. The molecule has 1 atom stereocenters. The van der Waals surface area contributed by atoms with Crippen molar-refractivity contribution in [2.45, 2.75) is 46.0 Å². The van der Waals surface area contributed by atoms with Crippen molar-refractivity contribution in [3.8, 4) is 0 Å². The smallest absolute Gasteiger partial charge is 0.0105 e. The highest BCUT2D eigenvalue weighted by Gasteiger charge is 2.18. The lowest BCUT2D eigenvalue weighted by Crippen LogP contribution is -2.38. The van der Waals surface area contributed by atoms with E-state index in [9.17, 15) is 0 Å². The van der Waals surface area contributed by atoms with Gasteiger partial charge >= 0.3 is 0 Å². The maximum absolute atomic E-state index is 5.64. The number of piperidine rings is 1. The van der Waals surface area contributed by atoms with Crippen molar-refractivity contribution in [1.29, 1.82) is 0 Å².